The van der Waals surface area contributed by atoms with Crippen LogP contribution in [0.25, 0.3) is 0 Å². The molecular weight excluding hydrogens is 372 g/mol. The van der Waals surface area contributed by atoms with E-state index in [1.54, 1.807) is 6.26 Å². The summed E-state index contributed by atoms with van der Waals surface area (Å²) in [4.78, 5) is 14.9. The van der Waals surface area contributed by atoms with E-state index in [0.29, 0.717) is 5.92 Å². The quantitative estimate of drug-likeness (QED) is 0.370. The van der Waals surface area contributed by atoms with Crippen LogP contribution < -0.4 is 5.32 Å². The number of aliphatic hydroxyl groups is 4. The highest BCUT2D eigenvalue weighted by atomic mass is 32.2. The molecule has 2 rings (SSSR count). The number of hydrogen-bond acceptors (Lipinski definition) is 8. The van der Waals surface area contributed by atoms with Gasteiger partial charge in [0.25, 0.3) is 0 Å². The number of thioether (sulfide) groups is 1. The van der Waals surface area contributed by atoms with Crippen LogP contribution in [0.1, 0.15) is 33.1 Å². The lowest BCUT2D eigenvalue weighted by Crippen LogP contribution is -2.65. The Morgan fingerprint density at radius 2 is 1.96 bits per heavy atom. The van der Waals surface area contributed by atoms with Crippen LogP contribution in [0.15, 0.2) is 0 Å². The van der Waals surface area contributed by atoms with E-state index < -0.39 is 42.0 Å². The van der Waals surface area contributed by atoms with E-state index in [4.69, 9.17) is 4.74 Å². The van der Waals surface area contributed by atoms with Crippen molar-refractivity contribution in [3.8, 4) is 0 Å². The first kappa shape index (κ1) is 22.9. The first-order valence-corrected chi connectivity index (χ1v) is 10.9. The van der Waals surface area contributed by atoms with Gasteiger partial charge in [0.2, 0.25) is 5.91 Å². The molecule has 0 bridgehead atoms. The molecule has 9 heteroatoms. The molecule has 158 valence electrons. The van der Waals surface area contributed by atoms with Crippen LogP contribution in [0.5, 0.6) is 0 Å². The Balaban J connectivity index is 2.09. The number of rotatable bonds is 7. The molecule has 0 unspecified atom stereocenters. The van der Waals surface area contributed by atoms with Crippen molar-refractivity contribution >= 4 is 17.7 Å². The van der Waals surface area contributed by atoms with E-state index in [0.717, 1.165) is 25.8 Å². The number of amides is 1. The largest absolute Gasteiger partial charge is 0.391 e. The molecule has 2 aliphatic rings. The van der Waals surface area contributed by atoms with Crippen LogP contribution in [0.3, 0.4) is 0 Å². The van der Waals surface area contributed by atoms with Gasteiger partial charge in [0, 0.05) is 6.54 Å². The van der Waals surface area contributed by atoms with Crippen molar-refractivity contribution in [2.75, 3.05) is 19.8 Å². The molecule has 8 nitrogen and oxygen atoms in total. The number of nitrogens with zero attached hydrogens (tertiary/aromatic N) is 1. The lowest BCUT2D eigenvalue weighted by Gasteiger charge is -2.44. The Labute approximate surface area is 165 Å². The number of carbonyl (C=O) groups excluding carboxylic acids is 1. The molecule has 0 aromatic carbocycles. The molecule has 9 atom stereocenters. The van der Waals surface area contributed by atoms with Crippen LogP contribution in [0.4, 0.5) is 0 Å². The molecule has 2 aliphatic heterocycles. The number of carbonyl (C=O) groups is 1. The summed E-state index contributed by atoms with van der Waals surface area (Å²) >= 11 is 1.20. The summed E-state index contributed by atoms with van der Waals surface area (Å²) < 4.78 is 5.72. The minimum Gasteiger partial charge on any atom is -0.391 e. The molecule has 2 heterocycles. The van der Waals surface area contributed by atoms with Gasteiger partial charge in [-0.2, -0.15) is 0 Å². The number of aliphatic hydroxyl groups excluding tert-OH is 4. The molecule has 0 aromatic rings. The van der Waals surface area contributed by atoms with Gasteiger partial charge in [-0.1, -0.05) is 13.3 Å². The second-order valence-electron chi connectivity index (χ2n) is 7.80. The molecule has 27 heavy (non-hydrogen) atoms. The number of hydrogen-bond donors (Lipinski definition) is 5. The Kier molecular flexibility index (Phi) is 8.35. The van der Waals surface area contributed by atoms with Crippen molar-refractivity contribution in [2.45, 2.75) is 81.1 Å². The topological polar surface area (TPSA) is 122 Å². The minimum absolute atomic E-state index is 0.223. The Bertz CT molecular complexity index is 494. The predicted molar refractivity (Wildman–Crippen MR) is 103 cm³/mol. The monoisotopic (exact) mass is 406 g/mol. The summed E-state index contributed by atoms with van der Waals surface area (Å²) in [6.45, 7) is 4.48. The Morgan fingerprint density at radius 3 is 2.52 bits per heavy atom. The summed E-state index contributed by atoms with van der Waals surface area (Å²) in [6, 6.07) is -1.20. The van der Waals surface area contributed by atoms with Crippen LogP contribution in [0.2, 0.25) is 0 Å². The molecule has 2 fully saturated rings. The maximum atomic E-state index is 12.8. The van der Waals surface area contributed by atoms with Gasteiger partial charge in [-0.15, -0.1) is 11.8 Å². The third-order valence-electron chi connectivity index (χ3n) is 5.66. The molecule has 0 aliphatic carbocycles. The van der Waals surface area contributed by atoms with Gasteiger partial charge >= 0.3 is 0 Å². The number of nitrogens with one attached hydrogen (secondary N) is 1. The molecule has 2 saturated heterocycles. The zero-order valence-electron chi connectivity index (χ0n) is 16.5. The van der Waals surface area contributed by atoms with Crippen molar-refractivity contribution in [2.24, 2.45) is 5.92 Å². The normalized spacial score (nSPS) is 39.9. The SMILES string of the molecule is CCC[C@H]1C[C@H](C(=O)N[C@H]([C@@H]2O[C@@H](SC)[C@@H](O)[C@@H](O)[C@@H]2O)[C@@H](C)O)N(C)C1. The third-order valence-corrected chi connectivity index (χ3v) is 6.51. The fourth-order valence-electron chi connectivity index (χ4n) is 4.13. The first-order valence-electron chi connectivity index (χ1n) is 9.62. The van der Waals surface area contributed by atoms with Crippen LogP contribution in [0, 0.1) is 5.92 Å². The van der Waals surface area contributed by atoms with Crippen molar-refractivity contribution in [1.29, 1.82) is 0 Å². The smallest absolute Gasteiger partial charge is 0.237 e. The fraction of sp³-hybridized carbons (Fsp3) is 0.944. The fourth-order valence-corrected chi connectivity index (χ4v) is 4.81. The molecule has 5 N–H and O–H groups in total. The minimum atomic E-state index is -1.42. The van der Waals surface area contributed by atoms with Crippen molar-refractivity contribution in [3.63, 3.8) is 0 Å². The average Bonchev–Trinajstić information content (AvgIpc) is 2.99. The van der Waals surface area contributed by atoms with E-state index >= 15 is 0 Å². The summed E-state index contributed by atoms with van der Waals surface area (Å²) in [7, 11) is 1.91. The molecule has 0 radical (unpaired) electrons. The van der Waals surface area contributed by atoms with E-state index in [1.165, 1.54) is 18.7 Å². The van der Waals surface area contributed by atoms with Gasteiger partial charge in [-0.25, -0.2) is 0 Å². The Hall–Kier alpha value is -0.420. The van der Waals surface area contributed by atoms with Gasteiger partial charge in [-0.05, 0) is 39.0 Å². The highest BCUT2D eigenvalue weighted by molar-refractivity contribution is 7.99. The number of ether oxygens (including phenoxy) is 1. The van der Waals surface area contributed by atoms with E-state index in [-0.39, 0.29) is 11.9 Å². The molecule has 0 saturated carbocycles. The van der Waals surface area contributed by atoms with E-state index in [2.05, 4.69) is 12.2 Å². The van der Waals surface area contributed by atoms with Crippen LogP contribution >= 0.6 is 11.8 Å². The lowest BCUT2D eigenvalue weighted by molar-refractivity contribution is -0.211. The molecule has 0 spiro atoms. The maximum absolute atomic E-state index is 12.8. The highest BCUT2D eigenvalue weighted by Crippen LogP contribution is 2.30. The summed E-state index contributed by atoms with van der Waals surface area (Å²) in [5.41, 5.74) is -0.755. The average molecular weight is 407 g/mol. The van der Waals surface area contributed by atoms with Gasteiger partial charge < -0.3 is 30.5 Å². The second kappa shape index (κ2) is 9.87. The predicted octanol–water partition coefficient (Wildman–Crippen LogP) is -0.857. The second-order valence-corrected chi connectivity index (χ2v) is 8.73. The molecular formula is C18H34N2O6S. The van der Waals surface area contributed by atoms with Gasteiger partial charge in [0.1, 0.15) is 29.9 Å². The summed E-state index contributed by atoms with van der Waals surface area (Å²) in [5.74, 6) is 0.245. The standard InChI is InChI=1S/C18H34N2O6S/c1-5-6-10-7-11(20(3)8-10)17(25)19-12(9(2)21)16-14(23)13(22)15(24)18(26-16)27-4/h9-16,18,21-24H,5-8H2,1-4H3,(H,19,25)/t9-,10+,11-,12+,13+,14+,15+,16+,18+/m1/s1. The van der Waals surface area contributed by atoms with Gasteiger partial charge in [-0.3, -0.25) is 9.69 Å². The summed E-state index contributed by atoms with van der Waals surface area (Å²) in [5, 5.41) is 43.5. The highest BCUT2D eigenvalue weighted by Gasteiger charge is 2.48. The first-order chi connectivity index (χ1) is 12.7. The maximum Gasteiger partial charge on any atom is 0.237 e. The van der Waals surface area contributed by atoms with Gasteiger partial charge in [0.15, 0.2) is 0 Å². The zero-order chi connectivity index (χ0) is 20.3. The van der Waals surface area contributed by atoms with Crippen molar-refractivity contribution in [3.05, 3.63) is 0 Å². The summed E-state index contributed by atoms with van der Waals surface area (Å²) in [6.07, 6.45) is -1.50. The molecule has 0 aromatic heterocycles. The van der Waals surface area contributed by atoms with Crippen molar-refractivity contribution < 1.29 is 30.0 Å². The number of likely N-dealkylation sites (N-methyl/N-ethyl adjacent to an activating group) is 1. The van der Waals surface area contributed by atoms with E-state index in [1.807, 2.05) is 11.9 Å². The van der Waals surface area contributed by atoms with Gasteiger partial charge in [0.05, 0.1) is 18.2 Å². The third kappa shape index (κ3) is 5.14. The molecule has 1 amide bonds. The van der Waals surface area contributed by atoms with E-state index in [9.17, 15) is 25.2 Å². The van der Waals surface area contributed by atoms with Crippen LogP contribution in [-0.4, -0.2) is 99.1 Å². The lowest BCUT2D eigenvalue weighted by atomic mass is 9.92. The zero-order valence-corrected chi connectivity index (χ0v) is 17.3. The van der Waals surface area contributed by atoms with Crippen molar-refractivity contribution in [1.82, 2.24) is 10.2 Å². The Morgan fingerprint density at radius 1 is 1.30 bits per heavy atom. The number of likely N-dealkylation sites (tertiary alicyclic amines) is 1. The van der Waals surface area contributed by atoms with Crippen LogP contribution in [-0.2, 0) is 9.53 Å².